The summed E-state index contributed by atoms with van der Waals surface area (Å²) >= 11 is 0. The minimum absolute atomic E-state index is 0.0927. The zero-order chi connectivity index (χ0) is 36.0. The largest absolute Gasteiger partial charge is 0.382 e. The van der Waals surface area contributed by atoms with Crippen molar-refractivity contribution in [2.75, 3.05) is 11.9 Å². The molecule has 0 bridgehead atoms. The number of fused-ring (bicyclic) bond motifs is 1. The maximum atomic E-state index is 12.8. The third kappa shape index (κ3) is 10.5. The molecule has 0 aliphatic heterocycles. The van der Waals surface area contributed by atoms with Crippen molar-refractivity contribution in [3.05, 3.63) is 94.9 Å². The molecule has 268 valence electrons. The smallest absolute Gasteiger partial charge is 0.220 e. The van der Waals surface area contributed by atoms with Crippen LogP contribution in [-0.4, -0.2) is 38.1 Å². The maximum Gasteiger partial charge on any atom is 0.220 e. The Morgan fingerprint density at radius 2 is 1.50 bits per heavy atom. The zero-order valence-electron chi connectivity index (χ0n) is 31.0. The van der Waals surface area contributed by atoms with Gasteiger partial charge in [0.15, 0.2) is 0 Å². The molecule has 0 saturated heterocycles. The number of hydrogen-bond acceptors (Lipinski definition) is 5. The van der Waals surface area contributed by atoms with Crippen LogP contribution in [0.25, 0.3) is 29.9 Å². The lowest BCUT2D eigenvalue weighted by Gasteiger charge is -2.26. The molecule has 8 heteroatoms. The third-order valence-corrected chi connectivity index (χ3v) is 9.63. The summed E-state index contributed by atoms with van der Waals surface area (Å²) in [5.41, 5.74) is 7.93. The Kier molecular flexibility index (Phi) is 14.5. The molecule has 0 aliphatic carbocycles. The topological polar surface area (TPSA) is 88.8 Å². The molecule has 2 heterocycles. The van der Waals surface area contributed by atoms with Crippen molar-refractivity contribution in [3.8, 4) is 5.69 Å². The Morgan fingerprint density at radius 3 is 2.16 bits per heavy atom. The summed E-state index contributed by atoms with van der Waals surface area (Å²) in [7, 11) is 0. The third-order valence-electron chi connectivity index (χ3n) is 9.63. The second-order valence-corrected chi connectivity index (χ2v) is 13.9. The van der Waals surface area contributed by atoms with Gasteiger partial charge < -0.3 is 20.5 Å². The Morgan fingerprint density at radius 1 is 0.860 bits per heavy atom. The number of unbranched alkanes of at least 4 members (excludes halogenated alkanes) is 8. The quantitative estimate of drug-likeness (QED) is 0.0743. The molecular weight excluding hydrogens is 619 g/mol. The van der Waals surface area contributed by atoms with E-state index in [0.29, 0.717) is 13.0 Å². The second kappa shape index (κ2) is 19.0. The molecule has 3 N–H and O–H groups in total. The fourth-order valence-electron chi connectivity index (χ4n) is 6.53. The number of hydrogen-bond donors (Lipinski definition) is 3. The van der Waals surface area contributed by atoms with Gasteiger partial charge in [-0.3, -0.25) is 4.79 Å². The van der Waals surface area contributed by atoms with Gasteiger partial charge in [0.25, 0.3) is 0 Å². The maximum absolute atomic E-state index is 12.8. The van der Waals surface area contributed by atoms with Gasteiger partial charge in [-0.15, -0.1) is 5.10 Å². The van der Waals surface area contributed by atoms with E-state index in [1.165, 1.54) is 44.1 Å². The zero-order valence-corrected chi connectivity index (χ0v) is 31.0. The average Bonchev–Trinajstić information content (AvgIpc) is 3.61. The first-order valence-corrected chi connectivity index (χ1v) is 18.5. The van der Waals surface area contributed by atoms with Crippen LogP contribution in [0.2, 0.25) is 0 Å². The highest BCUT2D eigenvalue weighted by atomic mass is 16.1. The van der Waals surface area contributed by atoms with Crippen LogP contribution in [0.15, 0.2) is 73.1 Å². The van der Waals surface area contributed by atoms with Gasteiger partial charge in [0.1, 0.15) is 5.52 Å². The number of nitrogens with zero attached hydrogens (tertiary/aromatic N) is 4. The van der Waals surface area contributed by atoms with Gasteiger partial charge in [0.2, 0.25) is 5.91 Å². The van der Waals surface area contributed by atoms with Crippen molar-refractivity contribution in [2.24, 2.45) is 5.92 Å². The lowest BCUT2D eigenvalue weighted by atomic mass is 10.0. The highest BCUT2D eigenvalue weighted by Crippen LogP contribution is 2.17. The fraction of sp³-hybridized carbons (Fsp3) is 0.452. The molecule has 1 atom stereocenters. The normalized spacial score (nSPS) is 11.9. The van der Waals surface area contributed by atoms with E-state index < -0.39 is 0 Å². The second-order valence-electron chi connectivity index (χ2n) is 13.9. The summed E-state index contributed by atoms with van der Waals surface area (Å²) in [6, 6.07) is 16.3. The number of nitrogens with one attached hydrogen (secondary N) is 3. The van der Waals surface area contributed by atoms with Gasteiger partial charge in [-0.05, 0) is 61.9 Å². The Hall–Kier alpha value is -4.59. The van der Waals surface area contributed by atoms with E-state index in [1.807, 2.05) is 28.9 Å². The van der Waals surface area contributed by atoms with E-state index in [2.05, 4.69) is 109 Å². The molecule has 0 spiro atoms. The molecule has 2 aromatic carbocycles. The summed E-state index contributed by atoms with van der Waals surface area (Å²) in [4.78, 5) is 12.8. The van der Waals surface area contributed by atoms with Gasteiger partial charge >= 0.3 is 0 Å². The van der Waals surface area contributed by atoms with E-state index in [0.717, 1.165) is 82.3 Å². The average molecular weight is 678 g/mol. The van der Waals surface area contributed by atoms with Gasteiger partial charge in [-0.2, -0.15) is 0 Å². The standard InChI is InChI=1S/C42H59N7O/c1-9-36-24-26-37(27-25-36)44-31(4)29-43-33(6)41(30(2)3)45-40(50)23-17-15-13-11-10-12-14-16-20-28-48-34(7)32(5)42(35(48)8)49-39-22-19-18-21-38(39)46-47-49/h18-19,21-22,24-27,30,41,43-44H,4,6-17,20,23,28-29H2,1-3,5H3,(H,45,50). The Bertz CT molecular complexity index is 1810. The van der Waals surface area contributed by atoms with Crippen LogP contribution in [0.1, 0.15) is 96.1 Å². The van der Waals surface area contributed by atoms with E-state index in [9.17, 15) is 4.79 Å². The number of carbonyl (C=O) groups is 1. The van der Waals surface area contributed by atoms with Gasteiger partial charge in [-0.1, -0.05) is 122 Å². The Balaban J connectivity index is 1.06. The number of carbonyl (C=O) groups excluding carboxylic acids is 1. The Labute approximate surface area is 299 Å². The van der Waals surface area contributed by atoms with Crippen LogP contribution < -0.4 is 26.6 Å². The first-order valence-electron chi connectivity index (χ1n) is 18.5. The van der Waals surface area contributed by atoms with Crippen molar-refractivity contribution in [3.63, 3.8) is 0 Å². The van der Waals surface area contributed by atoms with E-state index >= 15 is 0 Å². The molecule has 0 aliphatic rings. The summed E-state index contributed by atoms with van der Waals surface area (Å²) in [6.07, 6.45) is 12.0. The number of aryl methyl sites for hydroxylation is 1. The molecule has 0 fully saturated rings. The van der Waals surface area contributed by atoms with E-state index in [-0.39, 0.29) is 17.9 Å². The first-order chi connectivity index (χ1) is 24.1. The highest BCUT2D eigenvalue weighted by molar-refractivity contribution is 5.77. The molecule has 1 unspecified atom stereocenters. The number of para-hydroxylation sites is 1. The predicted octanol–water partition coefficient (Wildman–Crippen LogP) is 7.68. The van der Waals surface area contributed by atoms with Crippen LogP contribution in [-0.2, 0) is 17.8 Å². The van der Waals surface area contributed by atoms with Gasteiger partial charge in [0, 0.05) is 41.0 Å². The summed E-state index contributed by atoms with van der Waals surface area (Å²) in [5, 5.41) is 20.6. The monoisotopic (exact) mass is 677 g/mol. The summed E-state index contributed by atoms with van der Waals surface area (Å²) in [6.45, 7) is 27.0. The lowest BCUT2D eigenvalue weighted by molar-refractivity contribution is -0.122. The van der Waals surface area contributed by atoms with Crippen molar-refractivity contribution in [1.29, 1.82) is 0 Å². The molecular formula is C42H59N7O. The fourth-order valence-corrected chi connectivity index (χ4v) is 6.53. The lowest BCUT2D eigenvalue weighted by Crippen LogP contribution is -2.43. The number of amides is 1. The minimum Gasteiger partial charge on any atom is -0.382 e. The van der Waals surface area contributed by atoms with Crippen molar-refractivity contribution < 1.29 is 4.79 Å². The van der Waals surface area contributed by atoms with E-state index in [1.54, 1.807) is 0 Å². The number of aromatic nitrogens is 4. The molecule has 0 saturated carbocycles. The van der Waals surface area contributed by atoms with Crippen molar-refractivity contribution in [2.45, 2.75) is 111 Å². The molecule has 50 heavy (non-hydrogen) atoms. The molecule has 4 aromatic rings. The van der Waals surface area contributed by atoms with Crippen LogP contribution in [0.5, 0.6) is 0 Å². The number of benzene rings is 2. The van der Waals surface area contributed by atoms with Crippen molar-refractivity contribution in [1.82, 2.24) is 30.2 Å². The SMILES string of the molecule is C=C(CNC(=C)C(NC(=O)CCCCCCCCCCCn1c(=C)c(C)c(-n2nnc3ccccc32)c1=C)C(C)C)Nc1ccc(CC)cc1. The first kappa shape index (κ1) is 38.2. The summed E-state index contributed by atoms with van der Waals surface area (Å²) in [5.74, 6) is 0.323. The molecule has 1 amide bonds. The van der Waals surface area contributed by atoms with Gasteiger partial charge in [0.05, 0.1) is 29.1 Å². The van der Waals surface area contributed by atoms with Crippen LogP contribution in [0, 0.1) is 12.8 Å². The van der Waals surface area contributed by atoms with Crippen molar-refractivity contribution >= 4 is 35.8 Å². The van der Waals surface area contributed by atoms with Gasteiger partial charge in [-0.25, -0.2) is 4.68 Å². The minimum atomic E-state index is -0.128. The van der Waals surface area contributed by atoms with Crippen LogP contribution in [0.4, 0.5) is 5.69 Å². The highest BCUT2D eigenvalue weighted by Gasteiger charge is 2.19. The predicted molar refractivity (Wildman–Crippen MR) is 211 cm³/mol. The van der Waals surface area contributed by atoms with E-state index in [4.69, 9.17) is 0 Å². The van der Waals surface area contributed by atoms with Crippen LogP contribution >= 0.6 is 0 Å². The number of anilines is 1. The number of rotatable bonds is 22. The summed E-state index contributed by atoms with van der Waals surface area (Å²) < 4.78 is 4.13. The molecule has 4 rings (SSSR count). The molecule has 0 radical (unpaired) electrons. The van der Waals surface area contributed by atoms with Crippen LogP contribution in [0.3, 0.4) is 0 Å². The molecule has 2 aromatic heterocycles. The molecule has 8 nitrogen and oxygen atoms in total.